The lowest BCUT2D eigenvalue weighted by Gasteiger charge is -2.25. The first-order valence-electron chi connectivity index (χ1n) is 5.95. The molecule has 0 spiro atoms. The van der Waals surface area contributed by atoms with Crippen LogP contribution < -0.4 is 10.1 Å². The highest BCUT2D eigenvalue weighted by atomic mass is 79.9. The van der Waals surface area contributed by atoms with E-state index < -0.39 is 6.09 Å². The van der Waals surface area contributed by atoms with Crippen molar-refractivity contribution in [2.75, 3.05) is 16.4 Å². The van der Waals surface area contributed by atoms with Crippen LogP contribution in [0.2, 0.25) is 0 Å². The van der Waals surface area contributed by atoms with E-state index in [1.54, 1.807) is 6.07 Å². The molecule has 0 bridgehead atoms. The number of alkyl halides is 1. The highest BCUT2D eigenvalue weighted by Crippen LogP contribution is 2.53. The molecule has 2 N–H and O–H groups in total. The number of carboxylic acid groups (broad SMARTS) is 1. The van der Waals surface area contributed by atoms with Crippen molar-refractivity contribution in [3.63, 3.8) is 0 Å². The van der Waals surface area contributed by atoms with Gasteiger partial charge < -0.3 is 9.84 Å². The molecule has 6 heteroatoms. The molecule has 0 saturated heterocycles. The number of hydrogen-bond acceptors (Lipinski definition) is 3. The largest absolute Gasteiger partial charge is 0.484 e. The number of amides is 1. The lowest BCUT2D eigenvalue weighted by molar-refractivity contribution is 0.136. The average molecular weight is 346 g/mol. The summed E-state index contributed by atoms with van der Waals surface area (Å²) in [6.07, 6.45) is -1.08. The maximum Gasteiger partial charge on any atom is 0.409 e. The lowest BCUT2D eigenvalue weighted by Crippen LogP contribution is -2.28. The highest BCUT2D eigenvalue weighted by Gasteiger charge is 2.42. The van der Waals surface area contributed by atoms with Crippen molar-refractivity contribution in [1.29, 1.82) is 0 Å². The van der Waals surface area contributed by atoms with E-state index in [0.717, 1.165) is 16.6 Å². The van der Waals surface area contributed by atoms with E-state index in [0.29, 0.717) is 11.4 Å². The zero-order valence-electron chi connectivity index (χ0n) is 10.8. The Morgan fingerprint density at radius 1 is 1.58 bits per heavy atom. The van der Waals surface area contributed by atoms with E-state index in [4.69, 9.17) is 9.84 Å². The quantitative estimate of drug-likeness (QED) is 0.806. The third-order valence-electron chi connectivity index (χ3n) is 2.93. The Morgan fingerprint density at radius 2 is 2.32 bits per heavy atom. The third kappa shape index (κ3) is 3.00. The predicted molar refractivity (Wildman–Crippen MR) is 81.8 cm³/mol. The zero-order chi connectivity index (χ0) is 14.0. The first kappa shape index (κ1) is 14.5. The molecule has 2 rings (SSSR count). The SMILES string of the molecule is CC1(C)Oc2c(NC(=O)O)cccc2C1SCCBr. The third-order valence-corrected chi connectivity index (χ3v) is 5.44. The van der Waals surface area contributed by atoms with Gasteiger partial charge in [-0.15, -0.1) is 11.8 Å². The Balaban J connectivity index is 2.35. The van der Waals surface area contributed by atoms with Crippen molar-refractivity contribution in [1.82, 2.24) is 0 Å². The van der Waals surface area contributed by atoms with Gasteiger partial charge in [0.15, 0.2) is 0 Å². The molecule has 1 heterocycles. The summed E-state index contributed by atoms with van der Waals surface area (Å²) in [6.45, 7) is 4.06. The zero-order valence-corrected chi connectivity index (χ0v) is 13.2. The number of benzene rings is 1. The van der Waals surface area contributed by atoms with Crippen LogP contribution in [0.15, 0.2) is 18.2 Å². The van der Waals surface area contributed by atoms with Gasteiger partial charge in [0.05, 0.1) is 10.9 Å². The molecule has 0 aliphatic carbocycles. The molecule has 1 aromatic carbocycles. The molecule has 0 fully saturated rings. The summed E-state index contributed by atoms with van der Waals surface area (Å²) in [6, 6.07) is 5.58. The van der Waals surface area contributed by atoms with Crippen molar-refractivity contribution in [2.24, 2.45) is 0 Å². The smallest absolute Gasteiger partial charge is 0.409 e. The Bertz CT molecular complexity index is 493. The van der Waals surface area contributed by atoms with Gasteiger partial charge in [0.25, 0.3) is 0 Å². The minimum absolute atomic E-state index is 0.204. The van der Waals surface area contributed by atoms with Gasteiger partial charge in [-0.05, 0) is 19.9 Å². The van der Waals surface area contributed by atoms with Crippen LogP contribution in [-0.4, -0.2) is 27.9 Å². The van der Waals surface area contributed by atoms with Gasteiger partial charge in [0.1, 0.15) is 11.4 Å². The van der Waals surface area contributed by atoms with Gasteiger partial charge in [0.2, 0.25) is 0 Å². The van der Waals surface area contributed by atoms with E-state index in [-0.39, 0.29) is 10.9 Å². The van der Waals surface area contributed by atoms with Crippen molar-refractivity contribution < 1.29 is 14.6 Å². The van der Waals surface area contributed by atoms with Crippen molar-refractivity contribution in [2.45, 2.75) is 24.7 Å². The van der Waals surface area contributed by atoms with Gasteiger partial charge in [-0.3, -0.25) is 5.32 Å². The minimum Gasteiger partial charge on any atom is -0.484 e. The Labute approximate surface area is 125 Å². The average Bonchev–Trinajstić information content (AvgIpc) is 2.57. The number of rotatable bonds is 4. The molecule has 1 aliphatic rings. The molecular formula is C13H16BrNO3S. The maximum atomic E-state index is 10.8. The van der Waals surface area contributed by atoms with Gasteiger partial charge >= 0.3 is 6.09 Å². The molecule has 1 aliphatic heterocycles. The molecule has 19 heavy (non-hydrogen) atoms. The van der Waals surface area contributed by atoms with Crippen molar-refractivity contribution in [3.05, 3.63) is 23.8 Å². The van der Waals surface area contributed by atoms with E-state index in [9.17, 15) is 4.79 Å². The number of anilines is 1. The van der Waals surface area contributed by atoms with Crippen LogP contribution in [0.1, 0.15) is 24.7 Å². The molecule has 4 nitrogen and oxygen atoms in total. The van der Waals surface area contributed by atoms with Crippen LogP contribution >= 0.6 is 27.7 Å². The van der Waals surface area contributed by atoms with E-state index in [2.05, 4.69) is 21.2 Å². The summed E-state index contributed by atoms with van der Waals surface area (Å²) in [5.74, 6) is 1.63. The Kier molecular flexibility index (Phi) is 4.30. The standard InChI is InChI=1S/C13H16BrNO3S/c1-13(2)11(19-7-6-14)8-4-3-5-9(10(8)18-13)15-12(16)17/h3-5,11,15H,6-7H2,1-2H3,(H,16,17). The Hall–Kier alpha value is -0.880. The van der Waals surface area contributed by atoms with Crippen molar-refractivity contribution >= 4 is 39.5 Å². The number of carbonyl (C=O) groups is 1. The normalized spacial score (nSPS) is 19.6. The molecule has 104 valence electrons. The lowest BCUT2D eigenvalue weighted by atomic mass is 10.0. The second-order valence-electron chi connectivity index (χ2n) is 4.80. The molecule has 0 radical (unpaired) electrons. The van der Waals surface area contributed by atoms with E-state index in [1.165, 1.54) is 0 Å². The van der Waals surface area contributed by atoms with Gasteiger partial charge in [0, 0.05) is 16.6 Å². The summed E-state index contributed by atoms with van der Waals surface area (Å²) in [7, 11) is 0. The number of ether oxygens (including phenoxy) is 1. The summed E-state index contributed by atoms with van der Waals surface area (Å²) in [5.41, 5.74) is 1.23. The van der Waals surface area contributed by atoms with Crippen LogP contribution in [0.3, 0.4) is 0 Å². The fourth-order valence-corrected chi connectivity index (χ4v) is 3.93. The summed E-state index contributed by atoms with van der Waals surface area (Å²) in [5, 5.41) is 12.4. The molecule has 1 atom stereocenters. The molecule has 0 aromatic heterocycles. The monoisotopic (exact) mass is 345 g/mol. The molecule has 1 unspecified atom stereocenters. The maximum absolute atomic E-state index is 10.8. The number of hydrogen-bond donors (Lipinski definition) is 2. The summed E-state index contributed by atoms with van der Waals surface area (Å²) in [4.78, 5) is 10.8. The fourth-order valence-electron chi connectivity index (χ4n) is 2.23. The van der Waals surface area contributed by atoms with E-state index >= 15 is 0 Å². The first-order valence-corrected chi connectivity index (χ1v) is 8.12. The van der Waals surface area contributed by atoms with Crippen molar-refractivity contribution in [3.8, 4) is 5.75 Å². The minimum atomic E-state index is -1.08. The predicted octanol–water partition coefficient (Wildman–Crippen LogP) is 4.12. The van der Waals surface area contributed by atoms with Crippen LogP contribution in [0.4, 0.5) is 10.5 Å². The summed E-state index contributed by atoms with van der Waals surface area (Å²) < 4.78 is 5.97. The second kappa shape index (κ2) is 5.63. The second-order valence-corrected chi connectivity index (χ2v) is 6.81. The van der Waals surface area contributed by atoms with Gasteiger partial charge in [-0.25, -0.2) is 4.79 Å². The van der Waals surface area contributed by atoms with Gasteiger partial charge in [-0.1, -0.05) is 28.1 Å². The van der Waals surface area contributed by atoms with Crippen LogP contribution in [-0.2, 0) is 0 Å². The molecule has 0 saturated carbocycles. The molecule has 1 aromatic rings. The first-order chi connectivity index (χ1) is 8.95. The Morgan fingerprint density at radius 3 is 2.95 bits per heavy atom. The topological polar surface area (TPSA) is 58.6 Å². The molecule has 1 amide bonds. The number of nitrogens with one attached hydrogen (secondary N) is 1. The van der Waals surface area contributed by atoms with E-state index in [1.807, 2.05) is 37.7 Å². The van der Waals surface area contributed by atoms with Gasteiger partial charge in [-0.2, -0.15) is 0 Å². The van der Waals surface area contributed by atoms with Crippen LogP contribution in [0.25, 0.3) is 0 Å². The summed E-state index contributed by atoms with van der Waals surface area (Å²) >= 11 is 5.24. The number of para-hydroxylation sites is 1. The number of thioether (sulfide) groups is 1. The van der Waals surface area contributed by atoms with Crippen LogP contribution in [0, 0.1) is 0 Å². The number of fused-ring (bicyclic) bond motifs is 1. The number of halogens is 1. The fraction of sp³-hybridized carbons (Fsp3) is 0.462. The van der Waals surface area contributed by atoms with Crippen LogP contribution in [0.5, 0.6) is 5.75 Å². The highest BCUT2D eigenvalue weighted by molar-refractivity contribution is 9.09. The molecular weight excluding hydrogens is 330 g/mol.